The summed E-state index contributed by atoms with van der Waals surface area (Å²) in [5.74, 6) is -0.416. The Morgan fingerprint density at radius 1 is 1.42 bits per heavy atom. The van der Waals surface area contributed by atoms with Gasteiger partial charge in [0.25, 0.3) is 11.6 Å². The third-order valence-electron chi connectivity index (χ3n) is 3.81. The lowest BCUT2D eigenvalue weighted by Gasteiger charge is -2.04. The fraction of sp³-hybridized carbons (Fsp3) is 0.312. The lowest BCUT2D eigenvalue weighted by Crippen LogP contribution is -2.20. The molecule has 0 atom stereocenters. The molecule has 0 saturated carbocycles. The summed E-state index contributed by atoms with van der Waals surface area (Å²) in [6, 6.07) is 6.26. The molecule has 9 nitrogen and oxygen atoms in total. The summed E-state index contributed by atoms with van der Waals surface area (Å²) in [5.41, 5.74) is 1.74. The first-order valence-electron chi connectivity index (χ1n) is 7.77. The van der Waals surface area contributed by atoms with E-state index in [1.54, 1.807) is 37.8 Å². The maximum Gasteiger partial charge on any atom is 0.297 e. The maximum atomic E-state index is 12.6. The highest BCUT2D eigenvalue weighted by Crippen LogP contribution is 2.23. The molecule has 2 aromatic heterocycles. The number of amides is 1. The Balaban J connectivity index is 2.15. The lowest BCUT2D eigenvalue weighted by atomic mass is 10.3. The molecule has 26 heavy (non-hydrogen) atoms. The van der Waals surface area contributed by atoms with E-state index in [2.05, 4.69) is 10.1 Å². The van der Waals surface area contributed by atoms with Gasteiger partial charge >= 0.3 is 0 Å². The molecule has 0 bridgehead atoms. The number of ether oxygens (including phenoxy) is 1. The average Bonchev–Trinajstić information content (AvgIpc) is 3.11. The van der Waals surface area contributed by atoms with Crippen LogP contribution in [0.3, 0.4) is 0 Å². The van der Waals surface area contributed by atoms with Crippen molar-refractivity contribution in [1.82, 2.24) is 14.3 Å². The normalized spacial score (nSPS) is 12.0. The molecule has 0 fully saturated rings. The molecule has 0 N–H and O–H groups in total. The van der Waals surface area contributed by atoms with E-state index in [9.17, 15) is 14.9 Å². The van der Waals surface area contributed by atoms with Gasteiger partial charge in [0.1, 0.15) is 5.69 Å². The Hall–Kier alpha value is -2.85. The molecule has 0 spiro atoms. The second-order valence-electron chi connectivity index (χ2n) is 5.65. The van der Waals surface area contributed by atoms with Gasteiger partial charge in [0.2, 0.25) is 0 Å². The highest BCUT2D eigenvalue weighted by atomic mass is 32.1. The van der Waals surface area contributed by atoms with Crippen LogP contribution < -0.4 is 4.80 Å². The Morgan fingerprint density at radius 2 is 2.19 bits per heavy atom. The van der Waals surface area contributed by atoms with Gasteiger partial charge in [0.05, 0.1) is 27.4 Å². The number of hydrogen-bond donors (Lipinski definition) is 0. The monoisotopic (exact) mass is 375 g/mol. The van der Waals surface area contributed by atoms with Gasteiger partial charge < -0.3 is 9.30 Å². The van der Waals surface area contributed by atoms with Crippen molar-refractivity contribution in [1.29, 1.82) is 0 Å². The summed E-state index contributed by atoms with van der Waals surface area (Å²) < 4.78 is 9.17. The van der Waals surface area contributed by atoms with Crippen molar-refractivity contribution in [3.63, 3.8) is 0 Å². The fourth-order valence-corrected chi connectivity index (χ4v) is 3.64. The standard InChI is InChI=1S/C16H17N5O4S/c1-10-8-13(19(2)18-10)15(22)17-16-20(6-7-25-3)12-9-11(21(23)24)4-5-14(12)26-16/h4-5,8-9H,6-7H2,1-3H3. The van der Waals surface area contributed by atoms with E-state index in [0.717, 1.165) is 10.4 Å². The van der Waals surface area contributed by atoms with Crippen molar-refractivity contribution in [3.05, 3.63) is 50.6 Å². The molecular weight excluding hydrogens is 358 g/mol. The van der Waals surface area contributed by atoms with Crippen LogP contribution in [0, 0.1) is 17.0 Å². The van der Waals surface area contributed by atoms with Crippen LogP contribution >= 0.6 is 11.3 Å². The van der Waals surface area contributed by atoms with E-state index in [0.29, 0.717) is 29.2 Å². The largest absolute Gasteiger partial charge is 0.383 e. The third kappa shape index (κ3) is 3.41. The van der Waals surface area contributed by atoms with Gasteiger partial charge in [0, 0.05) is 32.8 Å². The summed E-state index contributed by atoms with van der Waals surface area (Å²) in [7, 11) is 3.25. The van der Waals surface area contributed by atoms with Gasteiger partial charge in [-0.05, 0) is 19.1 Å². The number of fused-ring (bicyclic) bond motifs is 1. The Bertz CT molecular complexity index is 1060. The van der Waals surface area contributed by atoms with E-state index in [1.165, 1.54) is 28.2 Å². The van der Waals surface area contributed by atoms with E-state index < -0.39 is 10.8 Å². The molecule has 0 aliphatic carbocycles. The van der Waals surface area contributed by atoms with Gasteiger partial charge in [-0.1, -0.05) is 11.3 Å². The number of carbonyl (C=O) groups is 1. The quantitative estimate of drug-likeness (QED) is 0.501. The highest BCUT2D eigenvalue weighted by Gasteiger charge is 2.15. The van der Waals surface area contributed by atoms with Gasteiger partial charge in [-0.25, -0.2) is 0 Å². The van der Waals surface area contributed by atoms with E-state index in [-0.39, 0.29) is 5.69 Å². The SMILES string of the molecule is COCCn1c(=NC(=O)c2cc(C)nn2C)sc2ccc([N+](=O)[O-])cc21. The molecule has 3 aromatic rings. The van der Waals surface area contributed by atoms with Crippen LogP contribution in [0.5, 0.6) is 0 Å². The van der Waals surface area contributed by atoms with E-state index in [1.807, 2.05) is 0 Å². The van der Waals surface area contributed by atoms with Crippen molar-refractivity contribution in [2.24, 2.45) is 12.0 Å². The number of carbonyl (C=O) groups excluding carboxylic acids is 1. The first-order chi connectivity index (χ1) is 12.4. The maximum absolute atomic E-state index is 12.6. The summed E-state index contributed by atoms with van der Waals surface area (Å²) >= 11 is 1.30. The van der Waals surface area contributed by atoms with Gasteiger partial charge in [-0.15, -0.1) is 0 Å². The number of rotatable bonds is 5. The molecule has 0 aliphatic rings. The minimum absolute atomic E-state index is 0.0124. The van der Waals surface area contributed by atoms with Gasteiger partial charge in [0.15, 0.2) is 4.80 Å². The molecule has 2 heterocycles. The molecular formula is C16H17N5O4S. The number of nitro benzene ring substituents is 1. The van der Waals surface area contributed by atoms with E-state index in [4.69, 9.17) is 4.74 Å². The second-order valence-corrected chi connectivity index (χ2v) is 6.66. The molecule has 0 radical (unpaired) electrons. The van der Waals surface area contributed by atoms with Crippen molar-refractivity contribution in [2.75, 3.05) is 13.7 Å². The summed E-state index contributed by atoms with van der Waals surface area (Å²) in [5, 5.41) is 15.2. The first kappa shape index (κ1) is 18.0. The minimum Gasteiger partial charge on any atom is -0.383 e. The molecule has 136 valence electrons. The van der Waals surface area contributed by atoms with Crippen LogP contribution in [-0.2, 0) is 18.3 Å². The summed E-state index contributed by atoms with van der Waals surface area (Å²) in [4.78, 5) is 27.9. The minimum atomic E-state index is -0.446. The second kappa shape index (κ2) is 7.18. The number of aromatic nitrogens is 3. The fourth-order valence-electron chi connectivity index (χ4n) is 2.61. The molecule has 3 rings (SSSR count). The lowest BCUT2D eigenvalue weighted by molar-refractivity contribution is -0.384. The van der Waals surface area contributed by atoms with E-state index >= 15 is 0 Å². The first-order valence-corrected chi connectivity index (χ1v) is 8.59. The van der Waals surface area contributed by atoms with Crippen molar-refractivity contribution >= 4 is 33.1 Å². The number of nitro groups is 1. The summed E-state index contributed by atoms with van der Waals surface area (Å²) in [6.07, 6.45) is 0. The molecule has 1 aromatic carbocycles. The molecule has 1 amide bonds. The zero-order valence-corrected chi connectivity index (χ0v) is 15.3. The predicted octanol–water partition coefficient (Wildman–Crippen LogP) is 2.04. The Kier molecular flexibility index (Phi) is 4.96. The number of methoxy groups -OCH3 is 1. The molecule has 0 unspecified atom stereocenters. The third-order valence-corrected chi connectivity index (χ3v) is 4.87. The van der Waals surface area contributed by atoms with Crippen LogP contribution in [0.1, 0.15) is 16.2 Å². The number of thiazole rings is 1. The molecule has 0 saturated heterocycles. The zero-order chi connectivity index (χ0) is 18.8. The Labute approximate surface area is 152 Å². The Morgan fingerprint density at radius 3 is 2.81 bits per heavy atom. The van der Waals surface area contributed by atoms with Crippen molar-refractivity contribution in [3.8, 4) is 0 Å². The van der Waals surface area contributed by atoms with Gasteiger partial charge in [-0.2, -0.15) is 10.1 Å². The number of non-ortho nitro benzene ring substituents is 1. The number of nitrogens with zero attached hydrogens (tertiary/aromatic N) is 5. The molecule has 0 aliphatic heterocycles. The van der Waals surface area contributed by atoms with Crippen LogP contribution in [0.15, 0.2) is 29.3 Å². The van der Waals surface area contributed by atoms with Crippen molar-refractivity contribution in [2.45, 2.75) is 13.5 Å². The number of hydrogen-bond acceptors (Lipinski definition) is 6. The molecule has 10 heteroatoms. The zero-order valence-electron chi connectivity index (χ0n) is 14.5. The number of benzene rings is 1. The number of aryl methyl sites for hydroxylation is 2. The highest BCUT2D eigenvalue weighted by molar-refractivity contribution is 7.16. The van der Waals surface area contributed by atoms with Gasteiger partial charge in [-0.3, -0.25) is 19.6 Å². The van der Waals surface area contributed by atoms with Crippen LogP contribution in [0.25, 0.3) is 10.2 Å². The predicted molar refractivity (Wildman–Crippen MR) is 96.2 cm³/mol. The average molecular weight is 375 g/mol. The topological polar surface area (TPSA) is 105 Å². The van der Waals surface area contributed by atoms with Crippen molar-refractivity contribution < 1.29 is 14.5 Å². The van der Waals surface area contributed by atoms with Crippen LogP contribution in [0.2, 0.25) is 0 Å². The smallest absolute Gasteiger partial charge is 0.297 e. The van der Waals surface area contributed by atoms with Crippen LogP contribution in [0.4, 0.5) is 5.69 Å². The van der Waals surface area contributed by atoms with Crippen LogP contribution in [-0.4, -0.2) is 38.9 Å². The summed E-state index contributed by atoms with van der Waals surface area (Å²) in [6.45, 7) is 2.61.